The average molecular weight is 273 g/mol. The van der Waals surface area contributed by atoms with Crippen LogP contribution in [0.25, 0.3) is 10.9 Å². The van der Waals surface area contributed by atoms with Gasteiger partial charge in [-0.05, 0) is 43.0 Å². The highest BCUT2D eigenvalue weighted by atomic mass is 32.2. The van der Waals surface area contributed by atoms with Gasteiger partial charge in [-0.25, -0.2) is 4.98 Å². The maximum absolute atomic E-state index is 12.0. The topological polar surface area (TPSA) is 84.9 Å². The van der Waals surface area contributed by atoms with Gasteiger partial charge in [0.15, 0.2) is 5.16 Å². The molecule has 0 aliphatic rings. The van der Waals surface area contributed by atoms with Crippen molar-refractivity contribution in [1.82, 2.24) is 9.97 Å². The highest BCUT2D eigenvalue weighted by Gasteiger charge is 2.08. The van der Waals surface area contributed by atoms with Crippen LogP contribution >= 0.6 is 11.8 Å². The van der Waals surface area contributed by atoms with Crippen molar-refractivity contribution in [3.05, 3.63) is 46.6 Å². The number of nitrogens with zero attached hydrogens (tertiary/aromatic N) is 1. The first kappa shape index (κ1) is 11.9. The van der Waals surface area contributed by atoms with Crippen LogP contribution in [0.15, 0.2) is 49.8 Å². The van der Waals surface area contributed by atoms with Crippen LogP contribution in [0, 0.1) is 6.92 Å². The number of nitrogen functional groups attached to an aromatic ring is 1. The summed E-state index contributed by atoms with van der Waals surface area (Å²) in [6.45, 7) is 1.86. The molecule has 0 aliphatic carbocycles. The van der Waals surface area contributed by atoms with E-state index < -0.39 is 0 Å². The number of rotatable bonds is 2. The molecule has 0 amide bonds. The Morgan fingerprint density at radius 2 is 2.21 bits per heavy atom. The molecule has 0 fully saturated rings. The number of hydrogen-bond donors (Lipinski definition) is 2. The molecule has 2 aromatic heterocycles. The quantitative estimate of drug-likeness (QED) is 0.553. The third kappa shape index (κ3) is 2.22. The molecule has 0 saturated heterocycles. The standard InChI is InChI=1S/C13H11N3O2S/c1-7-11(4-5-18-7)19-13-15-10-3-2-8(14)6-9(10)12(17)16-13/h2-6H,14H2,1H3,(H,15,16,17). The van der Waals surface area contributed by atoms with Gasteiger partial charge in [0, 0.05) is 5.69 Å². The van der Waals surface area contributed by atoms with E-state index in [1.165, 1.54) is 11.8 Å². The van der Waals surface area contributed by atoms with E-state index in [4.69, 9.17) is 10.2 Å². The zero-order chi connectivity index (χ0) is 13.4. The van der Waals surface area contributed by atoms with Gasteiger partial charge in [-0.15, -0.1) is 0 Å². The summed E-state index contributed by atoms with van der Waals surface area (Å²) in [5.74, 6) is 0.796. The molecule has 0 atom stereocenters. The fourth-order valence-electron chi connectivity index (χ4n) is 1.77. The van der Waals surface area contributed by atoms with Crippen molar-refractivity contribution < 1.29 is 4.42 Å². The molecule has 0 bridgehead atoms. The van der Waals surface area contributed by atoms with E-state index >= 15 is 0 Å². The molecule has 0 unspecified atom stereocenters. The van der Waals surface area contributed by atoms with E-state index in [1.54, 1.807) is 24.5 Å². The van der Waals surface area contributed by atoms with Crippen LogP contribution < -0.4 is 11.3 Å². The van der Waals surface area contributed by atoms with Gasteiger partial charge < -0.3 is 15.1 Å². The molecule has 3 rings (SSSR count). The van der Waals surface area contributed by atoms with Gasteiger partial charge in [0.05, 0.1) is 22.1 Å². The number of nitrogens with two attached hydrogens (primary N) is 1. The predicted octanol–water partition coefficient (Wildman–Crippen LogP) is 2.56. The fourth-order valence-corrected chi connectivity index (χ4v) is 2.58. The lowest BCUT2D eigenvalue weighted by molar-refractivity contribution is 0.527. The summed E-state index contributed by atoms with van der Waals surface area (Å²) in [6.07, 6.45) is 1.61. The van der Waals surface area contributed by atoms with E-state index in [2.05, 4.69) is 9.97 Å². The van der Waals surface area contributed by atoms with E-state index in [0.717, 1.165) is 10.7 Å². The van der Waals surface area contributed by atoms with E-state index in [-0.39, 0.29) is 5.56 Å². The number of fused-ring (bicyclic) bond motifs is 1. The van der Waals surface area contributed by atoms with Crippen molar-refractivity contribution in [2.75, 3.05) is 5.73 Å². The Kier molecular flexibility index (Phi) is 2.79. The second-order valence-electron chi connectivity index (χ2n) is 4.09. The summed E-state index contributed by atoms with van der Waals surface area (Å²) >= 11 is 1.36. The highest BCUT2D eigenvalue weighted by Crippen LogP contribution is 2.28. The van der Waals surface area contributed by atoms with Crippen LogP contribution in [0.3, 0.4) is 0 Å². The van der Waals surface area contributed by atoms with Crippen LogP contribution in [-0.4, -0.2) is 9.97 Å². The zero-order valence-electron chi connectivity index (χ0n) is 10.1. The Morgan fingerprint density at radius 3 is 2.95 bits per heavy atom. The van der Waals surface area contributed by atoms with E-state index in [0.29, 0.717) is 21.7 Å². The molecule has 5 nitrogen and oxygen atoms in total. The van der Waals surface area contributed by atoms with Gasteiger partial charge in [0.2, 0.25) is 0 Å². The third-order valence-corrected chi connectivity index (χ3v) is 3.76. The third-order valence-electron chi connectivity index (χ3n) is 2.73. The Hall–Kier alpha value is -2.21. The molecule has 0 saturated carbocycles. The lowest BCUT2D eigenvalue weighted by Gasteiger charge is -2.02. The number of aryl methyl sites for hydroxylation is 1. The summed E-state index contributed by atoms with van der Waals surface area (Å²) in [5.41, 5.74) is 6.64. The molecule has 3 aromatic rings. The van der Waals surface area contributed by atoms with Crippen LogP contribution in [0.2, 0.25) is 0 Å². The second-order valence-corrected chi connectivity index (χ2v) is 5.12. The van der Waals surface area contributed by atoms with Crippen molar-refractivity contribution in [2.24, 2.45) is 0 Å². The molecule has 3 N–H and O–H groups in total. The van der Waals surface area contributed by atoms with Crippen LogP contribution in [0.4, 0.5) is 5.69 Å². The molecular formula is C13H11N3O2S. The Morgan fingerprint density at radius 1 is 1.37 bits per heavy atom. The van der Waals surface area contributed by atoms with Gasteiger partial charge >= 0.3 is 0 Å². The normalized spacial score (nSPS) is 11.0. The molecule has 19 heavy (non-hydrogen) atoms. The summed E-state index contributed by atoms with van der Waals surface area (Å²) < 4.78 is 5.21. The molecule has 6 heteroatoms. The van der Waals surface area contributed by atoms with Gasteiger partial charge in [-0.1, -0.05) is 0 Å². The molecule has 0 spiro atoms. The molecular weight excluding hydrogens is 262 g/mol. The summed E-state index contributed by atoms with van der Waals surface area (Å²) in [5, 5.41) is 1.03. The monoisotopic (exact) mass is 273 g/mol. The van der Waals surface area contributed by atoms with Crippen molar-refractivity contribution in [2.45, 2.75) is 17.0 Å². The van der Waals surface area contributed by atoms with Gasteiger partial charge in [-0.3, -0.25) is 4.79 Å². The number of furan rings is 1. The fraction of sp³-hybridized carbons (Fsp3) is 0.0769. The maximum Gasteiger partial charge on any atom is 0.259 e. The van der Waals surface area contributed by atoms with Crippen molar-refractivity contribution >= 4 is 28.4 Å². The minimum Gasteiger partial charge on any atom is -0.468 e. The van der Waals surface area contributed by atoms with Crippen molar-refractivity contribution in [3.63, 3.8) is 0 Å². The number of anilines is 1. The van der Waals surface area contributed by atoms with Crippen LogP contribution in [0.5, 0.6) is 0 Å². The molecule has 96 valence electrons. The summed E-state index contributed by atoms with van der Waals surface area (Å²) in [6, 6.07) is 6.93. The first-order chi connectivity index (χ1) is 9.13. The van der Waals surface area contributed by atoms with Gasteiger partial charge in [0.1, 0.15) is 5.76 Å². The predicted molar refractivity (Wildman–Crippen MR) is 74.3 cm³/mol. The molecule has 0 aliphatic heterocycles. The first-order valence-corrected chi connectivity index (χ1v) is 6.46. The minimum atomic E-state index is -0.194. The Labute approximate surface area is 112 Å². The number of benzene rings is 1. The Bertz CT molecular complexity index is 807. The maximum atomic E-state index is 12.0. The first-order valence-electron chi connectivity index (χ1n) is 5.65. The number of aromatic amines is 1. The molecule has 2 heterocycles. The van der Waals surface area contributed by atoms with Crippen molar-refractivity contribution in [1.29, 1.82) is 0 Å². The van der Waals surface area contributed by atoms with E-state index in [9.17, 15) is 4.79 Å². The summed E-state index contributed by atoms with van der Waals surface area (Å²) in [4.78, 5) is 20.1. The Balaban J connectivity index is 2.09. The van der Waals surface area contributed by atoms with E-state index in [1.807, 2.05) is 13.0 Å². The number of nitrogens with one attached hydrogen (secondary N) is 1. The highest BCUT2D eigenvalue weighted by molar-refractivity contribution is 7.99. The zero-order valence-corrected chi connectivity index (χ0v) is 11.0. The molecule has 0 radical (unpaired) electrons. The summed E-state index contributed by atoms with van der Waals surface area (Å²) in [7, 11) is 0. The smallest absolute Gasteiger partial charge is 0.259 e. The second kappa shape index (κ2) is 4.47. The minimum absolute atomic E-state index is 0.194. The number of H-pyrrole nitrogens is 1. The average Bonchev–Trinajstić information content (AvgIpc) is 2.76. The SMILES string of the molecule is Cc1occc1Sc1nc2ccc(N)cc2c(=O)[nH]1. The number of aromatic nitrogens is 2. The lowest BCUT2D eigenvalue weighted by atomic mass is 10.2. The van der Waals surface area contributed by atoms with Crippen LogP contribution in [0.1, 0.15) is 5.76 Å². The van der Waals surface area contributed by atoms with Gasteiger partial charge in [-0.2, -0.15) is 0 Å². The van der Waals surface area contributed by atoms with Gasteiger partial charge in [0.25, 0.3) is 5.56 Å². The molecule has 1 aromatic carbocycles. The largest absolute Gasteiger partial charge is 0.468 e. The van der Waals surface area contributed by atoms with Crippen LogP contribution in [-0.2, 0) is 0 Å². The lowest BCUT2D eigenvalue weighted by Crippen LogP contribution is -2.09. The number of hydrogen-bond acceptors (Lipinski definition) is 5. The van der Waals surface area contributed by atoms with Crippen molar-refractivity contribution in [3.8, 4) is 0 Å².